The summed E-state index contributed by atoms with van der Waals surface area (Å²) in [5, 5.41) is 14.9. The molecule has 2 heterocycles. The van der Waals surface area contributed by atoms with Crippen molar-refractivity contribution in [2.75, 3.05) is 33.4 Å². The van der Waals surface area contributed by atoms with Crippen molar-refractivity contribution in [1.82, 2.24) is 10.2 Å². The molecular formula is C38H60N2O7. The van der Waals surface area contributed by atoms with Crippen LogP contribution in [0.4, 0.5) is 4.79 Å². The molecule has 6 saturated carbocycles. The second-order valence-electron chi connectivity index (χ2n) is 18.4. The highest BCUT2D eigenvalue weighted by Gasteiger charge is 2.84. The number of fused-ring (bicyclic) bond motifs is 4. The van der Waals surface area contributed by atoms with Crippen molar-refractivity contribution in [2.24, 2.45) is 56.7 Å². The van der Waals surface area contributed by atoms with Gasteiger partial charge in [0.15, 0.2) is 6.29 Å². The van der Waals surface area contributed by atoms with Crippen LogP contribution < -0.4 is 5.32 Å². The highest BCUT2D eigenvalue weighted by atomic mass is 16.7. The van der Waals surface area contributed by atoms with Gasteiger partial charge in [0.1, 0.15) is 6.61 Å². The fourth-order valence-corrected chi connectivity index (χ4v) is 13.8. The number of rotatable bonds is 6. The lowest BCUT2D eigenvalue weighted by atomic mass is 9.41. The van der Waals surface area contributed by atoms with Gasteiger partial charge in [-0.2, -0.15) is 0 Å². The number of carbonyl (C=O) groups is 2. The van der Waals surface area contributed by atoms with E-state index in [2.05, 4.69) is 39.9 Å². The van der Waals surface area contributed by atoms with E-state index >= 15 is 0 Å². The lowest BCUT2D eigenvalue weighted by Gasteiger charge is -2.64. The van der Waals surface area contributed by atoms with Gasteiger partial charge in [-0.25, -0.2) is 4.79 Å². The highest BCUT2D eigenvalue weighted by Crippen LogP contribution is 2.89. The zero-order valence-corrected chi connectivity index (χ0v) is 29.7. The van der Waals surface area contributed by atoms with E-state index in [9.17, 15) is 14.7 Å². The molecule has 8 fully saturated rings. The molecule has 6 aliphatic carbocycles. The molecule has 9 heteroatoms. The molecule has 8 aliphatic rings. The molecule has 13 atom stereocenters. The third-order valence-corrected chi connectivity index (χ3v) is 16.3. The van der Waals surface area contributed by atoms with Crippen LogP contribution in [0.3, 0.4) is 0 Å². The molecule has 0 aromatic rings. The Morgan fingerprint density at radius 2 is 1.74 bits per heavy atom. The van der Waals surface area contributed by atoms with E-state index in [1.807, 2.05) is 4.90 Å². The van der Waals surface area contributed by atoms with Crippen LogP contribution in [-0.4, -0.2) is 86.1 Å². The van der Waals surface area contributed by atoms with Crippen LogP contribution in [0.5, 0.6) is 0 Å². The molecule has 0 aromatic heterocycles. The van der Waals surface area contributed by atoms with E-state index in [1.54, 1.807) is 7.05 Å². The van der Waals surface area contributed by atoms with Gasteiger partial charge in [-0.15, -0.1) is 0 Å². The van der Waals surface area contributed by atoms with E-state index in [4.69, 9.17) is 18.9 Å². The number of ether oxygens (including phenoxy) is 4. The normalized spacial score (nSPS) is 51.0. The Morgan fingerprint density at radius 1 is 1.00 bits per heavy atom. The Bertz CT molecular complexity index is 1270. The summed E-state index contributed by atoms with van der Waals surface area (Å²) in [5.74, 6) is 2.61. The Morgan fingerprint density at radius 3 is 2.49 bits per heavy atom. The number of nitrogens with one attached hydrogen (secondary N) is 1. The van der Waals surface area contributed by atoms with Crippen LogP contribution in [0.15, 0.2) is 0 Å². The van der Waals surface area contributed by atoms with Crippen LogP contribution in [-0.2, 0) is 23.7 Å². The summed E-state index contributed by atoms with van der Waals surface area (Å²) in [6.07, 6.45) is 10.5. The van der Waals surface area contributed by atoms with Crippen molar-refractivity contribution < 1.29 is 33.6 Å². The zero-order chi connectivity index (χ0) is 33.1. The van der Waals surface area contributed by atoms with Crippen LogP contribution in [0.1, 0.15) is 105 Å². The maximum atomic E-state index is 12.9. The molecule has 264 valence electrons. The van der Waals surface area contributed by atoms with Gasteiger partial charge in [0.05, 0.1) is 37.6 Å². The topological polar surface area (TPSA) is 107 Å². The second kappa shape index (κ2) is 11.0. The Hall–Kier alpha value is -1.42. The molecule has 2 N–H and O–H groups in total. The van der Waals surface area contributed by atoms with Gasteiger partial charge in [-0.1, -0.05) is 34.6 Å². The number of carbonyl (C=O) groups excluding carboxylic acids is 2. The van der Waals surface area contributed by atoms with Crippen molar-refractivity contribution >= 4 is 12.0 Å². The van der Waals surface area contributed by atoms with Crippen LogP contribution in [0.25, 0.3) is 0 Å². The second-order valence-corrected chi connectivity index (χ2v) is 18.4. The molecule has 47 heavy (non-hydrogen) atoms. The maximum absolute atomic E-state index is 12.9. The first kappa shape index (κ1) is 32.8. The summed E-state index contributed by atoms with van der Waals surface area (Å²) in [4.78, 5) is 26.7. The van der Waals surface area contributed by atoms with Crippen LogP contribution in [0, 0.1) is 56.7 Å². The lowest BCUT2D eigenvalue weighted by Crippen LogP contribution is -2.60. The number of hydrogen-bond donors (Lipinski definition) is 2. The largest absolute Gasteiger partial charge is 0.447 e. The first-order valence-electron chi connectivity index (χ1n) is 19.0. The van der Waals surface area contributed by atoms with Crippen molar-refractivity contribution in [3.63, 3.8) is 0 Å². The summed E-state index contributed by atoms with van der Waals surface area (Å²) < 4.78 is 25.1. The van der Waals surface area contributed by atoms with E-state index in [1.165, 1.54) is 38.5 Å². The van der Waals surface area contributed by atoms with Gasteiger partial charge in [0.25, 0.3) is 0 Å². The number of aliphatic hydroxyl groups excluding tert-OH is 1. The lowest BCUT2D eigenvalue weighted by molar-refractivity contribution is -0.248. The standard InChI is InChI=1S/C38H60N2O7/c1-22-17-24(20-45-33(43)39-6)46-31-30(22)35(4)13-14-38-21-37(38)12-11-27(34(2,3)25(37)9-10-26(38)36(35,5)32(31)42)47-29-19-40(15-16-44-29)28(41)18-23-7-8-23/h22-27,29-32,42H,7-21H2,1-6H3,(H,39,43)/t22-,24+,25+,26+,27+,29+,30+,31+,32+,35-,36-,37-,38+/m1/s1. The monoisotopic (exact) mass is 656 g/mol. The Kier molecular flexibility index (Phi) is 7.70. The average Bonchev–Trinajstić information content (AvgIpc) is 3.96. The fraction of sp³-hybridized carbons (Fsp3) is 0.947. The summed E-state index contributed by atoms with van der Waals surface area (Å²) in [6, 6.07) is 0. The van der Waals surface area contributed by atoms with Crippen molar-refractivity contribution in [2.45, 2.75) is 136 Å². The number of hydrogen-bond acceptors (Lipinski definition) is 7. The Labute approximate surface area is 281 Å². The van der Waals surface area contributed by atoms with Gasteiger partial charge in [-0.3, -0.25) is 4.79 Å². The maximum Gasteiger partial charge on any atom is 0.406 e. The number of aliphatic hydroxyl groups is 1. The Balaban J connectivity index is 0.987. The molecule has 8 rings (SSSR count). The molecule has 0 radical (unpaired) electrons. The van der Waals surface area contributed by atoms with E-state index < -0.39 is 12.2 Å². The van der Waals surface area contributed by atoms with E-state index in [0.29, 0.717) is 61.1 Å². The number of alkyl carbamates (subject to hydrolysis) is 1. The number of amides is 2. The molecule has 2 aliphatic heterocycles. The first-order chi connectivity index (χ1) is 22.3. The van der Waals surface area contributed by atoms with E-state index in [0.717, 1.165) is 25.7 Å². The van der Waals surface area contributed by atoms with Crippen LogP contribution in [0.2, 0.25) is 0 Å². The minimum Gasteiger partial charge on any atom is -0.447 e. The summed E-state index contributed by atoms with van der Waals surface area (Å²) in [7, 11) is 1.57. The first-order valence-corrected chi connectivity index (χ1v) is 19.0. The number of nitrogens with zero attached hydrogens (tertiary/aromatic N) is 1. The average molecular weight is 657 g/mol. The highest BCUT2D eigenvalue weighted by molar-refractivity contribution is 5.76. The van der Waals surface area contributed by atoms with E-state index in [-0.39, 0.29) is 58.8 Å². The van der Waals surface area contributed by atoms with Gasteiger partial charge in [0, 0.05) is 25.4 Å². The molecule has 0 bridgehead atoms. The van der Waals surface area contributed by atoms with Crippen molar-refractivity contribution in [1.29, 1.82) is 0 Å². The predicted molar refractivity (Wildman–Crippen MR) is 175 cm³/mol. The predicted octanol–water partition coefficient (Wildman–Crippen LogP) is 5.53. The zero-order valence-electron chi connectivity index (χ0n) is 29.7. The molecule has 9 nitrogen and oxygen atoms in total. The SMILES string of the molecule is CNC(=O)OC[C@@H]1C[C@@H](C)[C@H]2[C@H](O1)[C@H](O)[C@@]1(C)[C@@H]3CC[C@H]4C(C)(C)[C@@H](O[C@H]5CN(C(=O)CC6CC6)CCO5)CC[C@@]45C[C@@]35CC[C@]21C. The molecule has 2 amide bonds. The van der Waals surface area contributed by atoms with Crippen molar-refractivity contribution in [3.8, 4) is 0 Å². The third kappa shape index (κ3) is 4.60. The third-order valence-electron chi connectivity index (χ3n) is 16.3. The molecule has 2 spiro atoms. The minimum atomic E-state index is -0.527. The minimum absolute atomic E-state index is 0.00657. The summed E-state index contributed by atoms with van der Waals surface area (Å²) in [6.45, 7) is 14.1. The molecule has 0 aromatic carbocycles. The molecular weight excluding hydrogens is 596 g/mol. The summed E-state index contributed by atoms with van der Waals surface area (Å²) in [5.41, 5.74) is 0.388. The van der Waals surface area contributed by atoms with Crippen molar-refractivity contribution in [3.05, 3.63) is 0 Å². The molecule has 0 unspecified atom stereocenters. The number of morpholine rings is 1. The smallest absolute Gasteiger partial charge is 0.406 e. The van der Waals surface area contributed by atoms with Gasteiger partial charge in [0.2, 0.25) is 5.91 Å². The summed E-state index contributed by atoms with van der Waals surface area (Å²) >= 11 is 0. The van der Waals surface area contributed by atoms with Gasteiger partial charge in [-0.05, 0) is 115 Å². The van der Waals surface area contributed by atoms with Gasteiger partial charge < -0.3 is 34.3 Å². The fourth-order valence-electron chi connectivity index (χ4n) is 13.8. The van der Waals surface area contributed by atoms with Crippen LogP contribution >= 0.6 is 0 Å². The van der Waals surface area contributed by atoms with Gasteiger partial charge >= 0.3 is 6.09 Å². The quantitative estimate of drug-likeness (QED) is 0.388. The molecule has 2 saturated heterocycles.